The predicted molar refractivity (Wildman–Crippen MR) is 134 cm³/mol. The van der Waals surface area contributed by atoms with Gasteiger partial charge in [-0.3, -0.25) is 14.2 Å². The molecule has 1 N–H and O–H groups in total. The van der Waals surface area contributed by atoms with Gasteiger partial charge in [0.05, 0.1) is 17.8 Å². The maximum atomic E-state index is 13.7. The molecule has 3 aromatic rings. The summed E-state index contributed by atoms with van der Waals surface area (Å²) in [6.45, 7) is 3.80. The van der Waals surface area contributed by atoms with Gasteiger partial charge in [-0.25, -0.2) is 23.4 Å². The summed E-state index contributed by atoms with van der Waals surface area (Å²) >= 11 is 1.16. The Morgan fingerprint density at radius 1 is 1.19 bits per heavy atom. The summed E-state index contributed by atoms with van der Waals surface area (Å²) in [5, 5.41) is 2.81. The Labute approximate surface area is 212 Å². The third-order valence-electron chi connectivity index (χ3n) is 6.34. The van der Waals surface area contributed by atoms with Crippen molar-refractivity contribution in [3.8, 4) is 0 Å². The molecule has 5 rings (SSSR count). The Hall–Kier alpha value is -2.94. The molecule has 12 nitrogen and oxygen atoms in total. The highest BCUT2D eigenvalue weighted by Gasteiger charge is 2.34. The molecule has 2 aliphatic heterocycles. The third-order valence-corrected chi connectivity index (χ3v) is 9.55. The van der Waals surface area contributed by atoms with Gasteiger partial charge < -0.3 is 15.0 Å². The molecule has 1 atom stereocenters. The van der Waals surface area contributed by atoms with E-state index >= 15 is 0 Å². The summed E-state index contributed by atoms with van der Waals surface area (Å²) in [5.41, 5.74) is -0.550. The molecule has 192 valence electrons. The Bertz CT molecular complexity index is 1410. The van der Waals surface area contributed by atoms with Crippen molar-refractivity contribution < 1.29 is 17.9 Å². The quantitative estimate of drug-likeness (QED) is 0.456. The fraction of sp³-hybridized carbons (Fsp3) is 0.500. The average Bonchev–Trinajstić information content (AvgIpc) is 3.53. The molecule has 2 saturated heterocycles. The maximum Gasteiger partial charge on any atom is 0.263 e. The third kappa shape index (κ3) is 4.85. The SMILES string of the molecule is Cc1sc2ncn(CC(=O)NC[C@H]3CCCO3)c(=O)c2c1S(=O)(=O)N1CCN(c2ncccn2)CC1. The van der Waals surface area contributed by atoms with Crippen molar-refractivity contribution in [1.82, 2.24) is 29.1 Å². The zero-order valence-electron chi connectivity index (χ0n) is 19.8. The molecular formula is C22H27N7O5S2. The lowest BCUT2D eigenvalue weighted by Crippen LogP contribution is -2.49. The first-order valence-electron chi connectivity index (χ1n) is 11.7. The van der Waals surface area contributed by atoms with Crippen molar-refractivity contribution >= 4 is 43.4 Å². The number of anilines is 1. The summed E-state index contributed by atoms with van der Waals surface area (Å²) < 4.78 is 35.4. The van der Waals surface area contributed by atoms with Crippen molar-refractivity contribution in [2.45, 2.75) is 37.3 Å². The van der Waals surface area contributed by atoms with Crippen LogP contribution in [0.25, 0.3) is 10.2 Å². The highest BCUT2D eigenvalue weighted by Crippen LogP contribution is 2.33. The van der Waals surface area contributed by atoms with Gasteiger partial charge in [0.2, 0.25) is 21.9 Å². The van der Waals surface area contributed by atoms with E-state index in [0.29, 0.717) is 41.9 Å². The van der Waals surface area contributed by atoms with Crippen LogP contribution in [-0.4, -0.2) is 83.6 Å². The van der Waals surface area contributed by atoms with E-state index in [1.54, 1.807) is 25.4 Å². The fourth-order valence-corrected chi connectivity index (χ4v) is 7.58. The second kappa shape index (κ2) is 10.2. The number of ether oxygens (including phenoxy) is 1. The minimum absolute atomic E-state index is 0.0172. The number of nitrogens with one attached hydrogen (secondary N) is 1. The molecule has 0 saturated carbocycles. The van der Waals surface area contributed by atoms with Crippen molar-refractivity contribution in [2.24, 2.45) is 0 Å². The highest BCUT2D eigenvalue weighted by atomic mass is 32.2. The Morgan fingerprint density at radius 2 is 1.94 bits per heavy atom. The van der Waals surface area contributed by atoms with Crippen LogP contribution in [0.15, 0.2) is 34.5 Å². The number of amides is 1. The lowest BCUT2D eigenvalue weighted by molar-refractivity contribution is -0.122. The minimum Gasteiger partial charge on any atom is -0.376 e. The van der Waals surface area contributed by atoms with Crippen LogP contribution in [0.3, 0.4) is 0 Å². The van der Waals surface area contributed by atoms with Crippen LogP contribution in [0.4, 0.5) is 5.95 Å². The second-order valence-electron chi connectivity index (χ2n) is 8.72. The molecule has 5 heterocycles. The topological polar surface area (TPSA) is 140 Å². The Morgan fingerprint density at radius 3 is 2.64 bits per heavy atom. The number of sulfonamides is 1. The first-order chi connectivity index (χ1) is 17.3. The molecule has 0 unspecified atom stereocenters. The zero-order valence-corrected chi connectivity index (χ0v) is 21.4. The van der Waals surface area contributed by atoms with Crippen molar-refractivity contribution in [3.05, 3.63) is 40.0 Å². The summed E-state index contributed by atoms with van der Waals surface area (Å²) in [4.78, 5) is 41.3. The van der Waals surface area contributed by atoms with Gasteiger partial charge in [0.15, 0.2) is 0 Å². The number of carbonyl (C=O) groups excluding carboxylic acids is 1. The molecule has 14 heteroatoms. The molecular weight excluding hydrogens is 506 g/mol. The van der Waals surface area contributed by atoms with E-state index in [4.69, 9.17) is 4.74 Å². The van der Waals surface area contributed by atoms with Gasteiger partial charge in [-0.1, -0.05) is 0 Å². The lowest BCUT2D eigenvalue weighted by Gasteiger charge is -2.33. The van der Waals surface area contributed by atoms with Gasteiger partial charge >= 0.3 is 0 Å². The molecule has 36 heavy (non-hydrogen) atoms. The van der Waals surface area contributed by atoms with E-state index in [1.807, 2.05) is 4.90 Å². The van der Waals surface area contributed by atoms with Crippen molar-refractivity contribution in [3.63, 3.8) is 0 Å². The van der Waals surface area contributed by atoms with Gasteiger partial charge in [-0.2, -0.15) is 4.31 Å². The number of hydrogen-bond acceptors (Lipinski definition) is 10. The van der Waals surface area contributed by atoms with Gasteiger partial charge in [0, 0.05) is 56.6 Å². The van der Waals surface area contributed by atoms with Gasteiger partial charge in [-0.15, -0.1) is 11.3 Å². The first-order valence-corrected chi connectivity index (χ1v) is 14.0. The van der Waals surface area contributed by atoms with Crippen molar-refractivity contribution in [2.75, 3.05) is 44.2 Å². The standard InChI is InChI=1S/C22H27N7O5S2/c1-15-19(36(32,33)29-9-7-27(8-10-29)22-23-5-3-6-24-22)18-20(35-15)26-14-28(21(18)31)13-17(30)25-12-16-4-2-11-34-16/h3,5-6,14,16H,2,4,7-13H2,1H3,(H,25,30)/t16-/m1/s1. The largest absolute Gasteiger partial charge is 0.376 e. The normalized spacial score (nSPS) is 19.1. The van der Waals surface area contributed by atoms with Crippen LogP contribution < -0.4 is 15.8 Å². The number of fused-ring (bicyclic) bond motifs is 1. The Balaban J connectivity index is 1.36. The number of piperazine rings is 1. The minimum atomic E-state index is -3.96. The van der Waals surface area contributed by atoms with Gasteiger partial charge in [-0.05, 0) is 25.8 Å². The van der Waals surface area contributed by atoms with Crippen LogP contribution in [0, 0.1) is 6.92 Å². The Kier molecular flexibility index (Phi) is 7.01. The van der Waals surface area contributed by atoms with Crippen molar-refractivity contribution in [1.29, 1.82) is 0 Å². The van der Waals surface area contributed by atoms with Crippen LogP contribution in [-0.2, 0) is 26.1 Å². The molecule has 0 aromatic carbocycles. The first kappa shape index (κ1) is 24.7. The van der Waals surface area contributed by atoms with Crippen LogP contribution >= 0.6 is 11.3 Å². The molecule has 0 spiro atoms. The molecule has 0 bridgehead atoms. The maximum absolute atomic E-state index is 13.7. The van der Waals surface area contributed by atoms with Gasteiger partial charge in [0.1, 0.15) is 16.3 Å². The smallest absolute Gasteiger partial charge is 0.263 e. The summed E-state index contributed by atoms with van der Waals surface area (Å²) in [7, 11) is -3.96. The van der Waals surface area contributed by atoms with Crippen LogP contribution in [0.1, 0.15) is 17.7 Å². The van der Waals surface area contributed by atoms with Gasteiger partial charge in [0.25, 0.3) is 5.56 Å². The number of carbonyl (C=O) groups is 1. The number of aromatic nitrogens is 4. The summed E-state index contributed by atoms with van der Waals surface area (Å²) in [6, 6.07) is 1.73. The van der Waals surface area contributed by atoms with E-state index in [-0.39, 0.29) is 41.9 Å². The fourth-order valence-electron chi connectivity index (χ4n) is 4.49. The molecule has 1 amide bonds. The number of hydrogen-bond donors (Lipinski definition) is 1. The summed E-state index contributed by atoms with van der Waals surface area (Å²) in [5.74, 6) is 0.195. The molecule has 2 aliphatic rings. The van der Waals surface area contributed by atoms with E-state index in [2.05, 4.69) is 20.3 Å². The molecule has 3 aromatic heterocycles. The highest BCUT2D eigenvalue weighted by molar-refractivity contribution is 7.89. The molecule has 0 radical (unpaired) electrons. The molecule has 0 aliphatic carbocycles. The lowest BCUT2D eigenvalue weighted by atomic mass is 10.2. The van der Waals surface area contributed by atoms with Crippen LogP contribution in [0.5, 0.6) is 0 Å². The zero-order chi connectivity index (χ0) is 25.3. The van der Waals surface area contributed by atoms with E-state index in [9.17, 15) is 18.0 Å². The van der Waals surface area contributed by atoms with E-state index in [0.717, 1.165) is 28.7 Å². The number of aryl methyl sites for hydroxylation is 1. The monoisotopic (exact) mass is 533 g/mol. The predicted octanol–water partition coefficient (Wildman–Crippen LogP) is 0.363. The number of thiophene rings is 1. The van der Waals surface area contributed by atoms with E-state index < -0.39 is 15.6 Å². The van der Waals surface area contributed by atoms with Crippen LogP contribution in [0.2, 0.25) is 0 Å². The molecule has 2 fully saturated rings. The average molecular weight is 534 g/mol. The second-order valence-corrected chi connectivity index (χ2v) is 11.8. The summed E-state index contributed by atoms with van der Waals surface area (Å²) in [6.07, 6.45) is 6.42. The van der Waals surface area contributed by atoms with E-state index in [1.165, 1.54) is 10.6 Å². The number of rotatable bonds is 7. The number of nitrogens with zero attached hydrogens (tertiary/aromatic N) is 6.